The highest BCUT2D eigenvalue weighted by molar-refractivity contribution is 5.81. The number of hydrogen-bond acceptors (Lipinski definition) is 2. The molecule has 0 aromatic carbocycles. The molecule has 1 atom stereocenters. The van der Waals surface area contributed by atoms with E-state index < -0.39 is 0 Å². The van der Waals surface area contributed by atoms with Crippen LogP contribution in [0.2, 0.25) is 0 Å². The van der Waals surface area contributed by atoms with Crippen LogP contribution < -0.4 is 10.6 Å². The quantitative estimate of drug-likeness (QED) is 0.698. The normalized spacial score (nSPS) is 18.2. The minimum absolute atomic E-state index is 0.0544. The van der Waals surface area contributed by atoms with Gasteiger partial charge in [-0.05, 0) is 45.1 Å². The van der Waals surface area contributed by atoms with E-state index in [1.54, 1.807) is 0 Å². The second kappa shape index (κ2) is 6.89. The molecule has 0 bridgehead atoms. The minimum Gasteiger partial charge on any atom is -0.352 e. The van der Waals surface area contributed by atoms with E-state index in [9.17, 15) is 4.79 Å². The first-order chi connectivity index (χ1) is 7.67. The molecule has 1 unspecified atom stereocenters. The van der Waals surface area contributed by atoms with Gasteiger partial charge in [0.1, 0.15) is 0 Å². The van der Waals surface area contributed by atoms with E-state index >= 15 is 0 Å². The Morgan fingerprint density at radius 3 is 2.38 bits per heavy atom. The summed E-state index contributed by atoms with van der Waals surface area (Å²) in [4.78, 5) is 11.8. The minimum atomic E-state index is -0.0544. The predicted molar refractivity (Wildman–Crippen MR) is 67.3 cm³/mol. The van der Waals surface area contributed by atoms with Crippen LogP contribution in [-0.4, -0.2) is 24.5 Å². The van der Waals surface area contributed by atoms with E-state index in [1.165, 1.54) is 19.3 Å². The van der Waals surface area contributed by atoms with Gasteiger partial charge in [0.05, 0.1) is 6.04 Å². The zero-order chi connectivity index (χ0) is 12.0. The van der Waals surface area contributed by atoms with Gasteiger partial charge in [-0.3, -0.25) is 4.79 Å². The first-order valence-electron chi connectivity index (χ1n) is 6.71. The van der Waals surface area contributed by atoms with Crippen LogP contribution in [0.5, 0.6) is 0 Å². The van der Waals surface area contributed by atoms with E-state index in [0.29, 0.717) is 6.04 Å². The SMILES string of the molecule is CCC(CC)NC(=O)C(C)NCC1CCC1. The number of carbonyl (C=O) groups excluding carboxylic acids is 1. The van der Waals surface area contributed by atoms with Crippen LogP contribution in [0.25, 0.3) is 0 Å². The summed E-state index contributed by atoms with van der Waals surface area (Å²) in [6.07, 6.45) is 6.04. The third kappa shape index (κ3) is 4.12. The van der Waals surface area contributed by atoms with E-state index in [0.717, 1.165) is 25.3 Å². The number of carbonyl (C=O) groups is 1. The van der Waals surface area contributed by atoms with Gasteiger partial charge in [0.2, 0.25) is 5.91 Å². The van der Waals surface area contributed by atoms with Crippen molar-refractivity contribution < 1.29 is 4.79 Å². The zero-order valence-electron chi connectivity index (χ0n) is 10.9. The molecule has 1 aliphatic carbocycles. The summed E-state index contributed by atoms with van der Waals surface area (Å²) in [7, 11) is 0. The molecule has 1 fully saturated rings. The molecule has 0 aromatic heterocycles. The highest BCUT2D eigenvalue weighted by Gasteiger charge is 2.20. The van der Waals surface area contributed by atoms with Gasteiger partial charge in [-0.15, -0.1) is 0 Å². The molecular formula is C13H26N2O. The van der Waals surface area contributed by atoms with Crippen molar-refractivity contribution in [1.82, 2.24) is 10.6 Å². The van der Waals surface area contributed by atoms with Gasteiger partial charge in [-0.25, -0.2) is 0 Å². The fourth-order valence-corrected chi connectivity index (χ4v) is 1.95. The lowest BCUT2D eigenvalue weighted by atomic mass is 9.85. The van der Waals surface area contributed by atoms with Crippen LogP contribution in [-0.2, 0) is 4.79 Å². The summed E-state index contributed by atoms with van der Waals surface area (Å²) in [5, 5.41) is 6.40. The van der Waals surface area contributed by atoms with Gasteiger partial charge >= 0.3 is 0 Å². The van der Waals surface area contributed by atoms with E-state index in [1.807, 2.05) is 6.92 Å². The first-order valence-corrected chi connectivity index (χ1v) is 6.71. The van der Waals surface area contributed by atoms with Gasteiger partial charge in [0.25, 0.3) is 0 Å². The van der Waals surface area contributed by atoms with Crippen LogP contribution in [0.1, 0.15) is 52.9 Å². The molecule has 2 N–H and O–H groups in total. The third-order valence-corrected chi connectivity index (χ3v) is 3.66. The number of nitrogens with one attached hydrogen (secondary N) is 2. The third-order valence-electron chi connectivity index (χ3n) is 3.66. The van der Waals surface area contributed by atoms with Gasteiger partial charge in [-0.2, -0.15) is 0 Å². The van der Waals surface area contributed by atoms with Gasteiger partial charge in [-0.1, -0.05) is 20.3 Å². The Balaban J connectivity index is 2.18. The Morgan fingerprint density at radius 2 is 1.94 bits per heavy atom. The summed E-state index contributed by atoms with van der Waals surface area (Å²) in [6.45, 7) is 7.18. The van der Waals surface area contributed by atoms with Crippen molar-refractivity contribution in [3.05, 3.63) is 0 Å². The maximum Gasteiger partial charge on any atom is 0.237 e. The van der Waals surface area contributed by atoms with Crippen molar-refractivity contribution in [3.8, 4) is 0 Å². The van der Waals surface area contributed by atoms with Gasteiger partial charge in [0, 0.05) is 6.04 Å². The Hall–Kier alpha value is -0.570. The average molecular weight is 226 g/mol. The molecule has 0 heterocycles. The molecule has 0 radical (unpaired) electrons. The molecule has 0 saturated heterocycles. The van der Waals surface area contributed by atoms with Gasteiger partial charge < -0.3 is 10.6 Å². The fourth-order valence-electron chi connectivity index (χ4n) is 1.95. The van der Waals surface area contributed by atoms with E-state index in [4.69, 9.17) is 0 Å². The average Bonchev–Trinajstić information content (AvgIpc) is 2.23. The molecule has 0 spiro atoms. The summed E-state index contributed by atoms with van der Waals surface area (Å²) < 4.78 is 0. The lowest BCUT2D eigenvalue weighted by Crippen LogP contribution is -2.47. The van der Waals surface area contributed by atoms with Crippen molar-refractivity contribution in [2.24, 2.45) is 5.92 Å². The number of hydrogen-bond donors (Lipinski definition) is 2. The second-order valence-electron chi connectivity index (χ2n) is 4.95. The van der Waals surface area contributed by atoms with Crippen LogP contribution in [0.15, 0.2) is 0 Å². The Morgan fingerprint density at radius 1 is 1.31 bits per heavy atom. The lowest BCUT2D eigenvalue weighted by molar-refractivity contribution is -0.123. The second-order valence-corrected chi connectivity index (χ2v) is 4.95. The van der Waals surface area contributed by atoms with E-state index in [-0.39, 0.29) is 11.9 Å². The molecule has 1 rings (SSSR count). The Kier molecular flexibility index (Phi) is 5.81. The fraction of sp³-hybridized carbons (Fsp3) is 0.923. The maximum atomic E-state index is 11.8. The number of amides is 1. The van der Waals surface area contributed by atoms with Crippen LogP contribution >= 0.6 is 0 Å². The summed E-state index contributed by atoms with van der Waals surface area (Å²) in [5.74, 6) is 0.955. The van der Waals surface area contributed by atoms with Crippen LogP contribution in [0.3, 0.4) is 0 Å². The predicted octanol–water partition coefficient (Wildman–Crippen LogP) is 2.07. The first kappa shape index (κ1) is 13.5. The highest BCUT2D eigenvalue weighted by atomic mass is 16.2. The van der Waals surface area contributed by atoms with Crippen molar-refractivity contribution in [1.29, 1.82) is 0 Å². The summed E-state index contributed by atoms with van der Waals surface area (Å²) in [5.41, 5.74) is 0. The summed E-state index contributed by atoms with van der Waals surface area (Å²) >= 11 is 0. The lowest BCUT2D eigenvalue weighted by Gasteiger charge is -2.27. The number of rotatable bonds is 7. The molecule has 3 nitrogen and oxygen atoms in total. The highest BCUT2D eigenvalue weighted by Crippen LogP contribution is 2.25. The molecule has 1 saturated carbocycles. The molecule has 1 aliphatic rings. The zero-order valence-corrected chi connectivity index (χ0v) is 10.9. The van der Waals surface area contributed by atoms with E-state index in [2.05, 4.69) is 24.5 Å². The standard InChI is InChI=1S/C13H26N2O/c1-4-12(5-2)15-13(16)10(3)14-9-11-7-6-8-11/h10-12,14H,4-9H2,1-3H3,(H,15,16). The molecule has 1 amide bonds. The topological polar surface area (TPSA) is 41.1 Å². The van der Waals surface area contributed by atoms with Crippen molar-refractivity contribution >= 4 is 5.91 Å². The molecular weight excluding hydrogens is 200 g/mol. The smallest absolute Gasteiger partial charge is 0.237 e. The van der Waals surface area contributed by atoms with Gasteiger partial charge in [0.15, 0.2) is 0 Å². The monoisotopic (exact) mass is 226 g/mol. The Bertz CT molecular complexity index is 210. The van der Waals surface area contributed by atoms with Crippen molar-refractivity contribution in [3.63, 3.8) is 0 Å². The van der Waals surface area contributed by atoms with Crippen molar-refractivity contribution in [2.75, 3.05) is 6.54 Å². The Labute approximate surface area is 99.4 Å². The molecule has 3 heteroatoms. The molecule has 0 aliphatic heterocycles. The van der Waals surface area contributed by atoms with Crippen LogP contribution in [0.4, 0.5) is 0 Å². The molecule has 0 aromatic rings. The van der Waals surface area contributed by atoms with Crippen molar-refractivity contribution in [2.45, 2.75) is 65.0 Å². The molecule has 16 heavy (non-hydrogen) atoms. The van der Waals surface area contributed by atoms with Crippen LogP contribution in [0, 0.1) is 5.92 Å². The molecule has 94 valence electrons. The largest absolute Gasteiger partial charge is 0.352 e. The maximum absolute atomic E-state index is 11.8. The summed E-state index contributed by atoms with van der Waals surface area (Å²) in [6, 6.07) is 0.279.